The Hall–Kier alpha value is -3.12. The van der Waals surface area contributed by atoms with E-state index in [-0.39, 0.29) is 0 Å². The van der Waals surface area contributed by atoms with Gasteiger partial charge in [-0.05, 0) is 24.3 Å². The normalized spacial score (nSPS) is 11.1. The summed E-state index contributed by atoms with van der Waals surface area (Å²) in [5, 5.41) is 19.7. The summed E-state index contributed by atoms with van der Waals surface area (Å²) in [6.07, 6.45) is 3.70. The third kappa shape index (κ3) is 3.60. The molecule has 0 radical (unpaired) electrons. The highest BCUT2D eigenvalue weighted by Gasteiger charge is 2.02. The molecule has 4 aromatic rings. The van der Waals surface area contributed by atoms with Gasteiger partial charge in [0.1, 0.15) is 0 Å². The molecule has 0 spiro atoms. The first-order chi connectivity index (χ1) is 12.9. The number of aromatic nitrogens is 3. The topological polar surface area (TPSA) is 77.7 Å². The molecule has 2 heterocycles. The van der Waals surface area contributed by atoms with E-state index in [4.69, 9.17) is 0 Å². The number of fused-ring (bicyclic) bond motifs is 2. The van der Waals surface area contributed by atoms with Crippen LogP contribution >= 0.6 is 0 Å². The maximum Gasteiger partial charge on any atom is 0.0722 e. The monoisotopic (exact) mass is 346 g/mol. The molecule has 0 bridgehead atoms. The molecule has 0 aliphatic rings. The molecule has 0 aliphatic carbocycles. The summed E-state index contributed by atoms with van der Waals surface area (Å²) in [7, 11) is 0. The molecule has 4 rings (SSSR count). The van der Waals surface area contributed by atoms with Gasteiger partial charge >= 0.3 is 0 Å². The summed E-state index contributed by atoms with van der Waals surface area (Å²) in [5.41, 5.74) is 4.31. The average molecular weight is 346 g/mol. The lowest BCUT2D eigenvalue weighted by molar-refractivity contribution is 0.719. The Kier molecular flexibility index (Phi) is 4.93. The van der Waals surface area contributed by atoms with Gasteiger partial charge in [0, 0.05) is 54.5 Å². The van der Waals surface area contributed by atoms with Crippen LogP contribution in [0.15, 0.2) is 60.9 Å². The van der Waals surface area contributed by atoms with Gasteiger partial charge in [-0.15, -0.1) is 0 Å². The lowest BCUT2D eigenvalue weighted by Gasteiger charge is -2.11. The molecule has 0 atom stereocenters. The van der Waals surface area contributed by atoms with Crippen molar-refractivity contribution < 1.29 is 0 Å². The van der Waals surface area contributed by atoms with Crippen molar-refractivity contribution in [1.29, 1.82) is 0 Å². The Morgan fingerprint density at radius 3 is 2.46 bits per heavy atom. The summed E-state index contributed by atoms with van der Waals surface area (Å²) >= 11 is 0. The minimum Gasteiger partial charge on any atom is -0.383 e. The zero-order valence-corrected chi connectivity index (χ0v) is 14.5. The predicted molar refractivity (Wildman–Crippen MR) is 108 cm³/mol. The van der Waals surface area contributed by atoms with E-state index in [0.29, 0.717) is 0 Å². The van der Waals surface area contributed by atoms with Gasteiger partial charge in [-0.2, -0.15) is 5.10 Å². The molecule has 0 saturated carbocycles. The lowest BCUT2D eigenvalue weighted by Crippen LogP contribution is -2.27. The van der Waals surface area contributed by atoms with E-state index in [9.17, 15) is 0 Å². The fraction of sp³-hybridized carbons (Fsp3) is 0.200. The molecule has 4 N–H and O–H groups in total. The maximum atomic E-state index is 4.39. The van der Waals surface area contributed by atoms with Crippen LogP contribution in [0.25, 0.3) is 21.8 Å². The summed E-state index contributed by atoms with van der Waals surface area (Å²) < 4.78 is 0. The molecule has 2 aromatic carbocycles. The third-order valence-corrected chi connectivity index (χ3v) is 4.37. The van der Waals surface area contributed by atoms with Crippen molar-refractivity contribution in [2.75, 3.05) is 36.8 Å². The van der Waals surface area contributed by atoms with Crippen LogP contribution in [-0.4, -0.2) is 41.4 Å². The highest BCUT2D eigenvalue weighted by Crippen LogP contribution is 2.21. The minimum absolute atomic E-state index is 0.864. The van der Waals surface area contributed by atoms with E-state index in [1.165, 1.54) is 0 Å². The molecule has 2 aromatic heterocycles. The van der Waals surface area contributed by atoms with Gasteiger partial charge in [0.2, 0.25) is 0 Å². The SMILES string of the molecule is c1ccc2c(NCCNCCNc3cccc4[nH]ncc34)ccnc2c1. The van der Waals surface area contributed by atoms with Gasteiger partial charge < -0.3 is 16.0 Å². The number of nitrogens with one attached hydrogen (secondary N) is 4. The Morgan fingerprint density at radius 1 is 0.769 bits per heavy atom. The maximum absolute atomic E-state index is 4.39. The number of nitrogens with zero attached hydrogens (tertiary/aromatic N) is 2. The standard InChI is InChI=1S/C20H22N6/c1-2-5-17-15(4-1)19(8-9-22-17)24-13-11-21-10-12-23-18-6-3-7-20-16(18)14-25-26-20/h1-9,14,21,23H,10-13H2,(H,22,24)(H,25,26). The Labute approximate surface area is 152 Å². The van der Waals surface area contributed by atoms with Crippen LogP contribution in [-0.2, 0) is 0 Å². The van der Waals surface area contributed by atoms with E-state index in [1.807, 2.05) is 48.8 Å². The number of rotatable bonds is 8. The molecule has 6 nitrogen and oxygen atoms in total. The Morgan fingerprint density at radius 2 is 1.58 bits per heavy atom. The summed E-state index contributed by atoms with van der Waals surface area (Å²) in [4.78, 5) is 4.39. The van der Waals surface area contributed by atoms with E-state index in [0.717, 1.165) is 59.4 Å². The van der Waals surface area contributed by atoms with Gasteiger partial charge in [0.05, 0.1) is 17.2 Å². The number of hydrogen-bond acceptors (Lipinski definition) is 5. The summed E-state index contributed by atoms with van der Waals surface area (Å²) in [6.45, 7) is 3.52. The first-order valence-corrected chi connectivity index (χ1v) is 8.86. The first-order valence-electron chi connectivity index (χ1n) is 8.86. The van der Waals surface area contributed by atoms with Gasteiger partial charge in [-0.1, -0.05) is 24.3 Å². The van der Waals surface area contributed by atoms with Crippen LogP contribution < -0.4 is 16.0 Å². The van der Waals surface area contributed by atoms with Gasteiger partial charge in [-0.3, -0.25) is 10.1 Å². The zero-order valence-electron chi connectivity index (χ0n) is 14.5. The Bertz CT molecular complexity index is 988. The molecule has 132 valence electrons. The lowest BCUT2D eigenvalue weighted by atomic mass is 10.2. The number of anilines is 2. The molecular weight excluding hydrogens is 324 g/mol. The fourth-order valence-corrected chi connectivity index (χ4v) is 3.07. The summed E-state index contributed by atoms with van der Waals surface area (Å²) in [6, 6.07) is 16.3. The molecule has 0 amide bonds. The van der Waals surface area contributed by atoms with E-state index in [2.05, 4.69) is 43.3 Å². The van der Waals surface area contributed by atoms with Crippen LogP contribution in [0.4, 0.5) is 11.4 Å². The van der Waals surface area contributed by atoms with Crippen molar-refractivity contribution in [1.82, 2.24) is 20.5 Å². The highest BCUT2D eigenvalue weighted by molar-refractivity contribution is 5.91. The minimum atomic E-state index is 0.864. The molecule has 26 heavy (non-hydrogen) atoms. The van der Waals surface area contributed by atoms with E-state index < -0.39 is 0 Å². The summed E-state index contributed by atoms with van der Waals surface area (Å²) in [5.74, 6) is 0. The van der Waals surface area contributed by atoms with Crippen LogP contribution in [0.3, 0.4) is 0 Å². The number of H-pyrrole nitrogens is 1. The second kappa shape index (κ2) is 7.84. The van der Waals surface area contributed by atoms with Crippen molar-refractivity contribution in [3.63, 3.8) is 0 Å². The second-order valence-electron chi connectivity index (χ2n) is 6.12. The number of para-hydroxylation sites is 1. The smallest absolute Gasteiger partial charge is 0.0722 e. The fourth-order valence-electron chi connectivity index (χ4n) is 3.07. The number of pyridine rings is 1. The molecule has 0 fully saturated rings. The molecule has 6 heteroatoms. The Balaban J connectivity index is 1.20. The van der Waals surface area contributed by atoms with Crippen molar-refractivity contribution in [3.05, 3.63) is 60.9 Å². The zero-order chi connectivity index (χ0) is 17.6. The molecule has 0 unspecified atom stereocenters. The van der Waals surface area contributed by atoms with Crippen LogP contribution in [0.2, 0.25) is 0 Å². The van der Waals surface area contributed by atoms with Gasteiger partial charge in [-0.25, -0.2) is 0 Å². The van der Waals surface area contributed by atoms with Crippen LogP contribution in [0, 0.1) is 0 Å². The van der Waals surface area contributed by atoms with E-state index in [1.54, 1.807) is 0 Å². The quantitative estimate of drug-likeness (QED) is 0.369. The number of benzene rings is 2. The highest BCUT2D eigenvalue weighted by atomic mass is 15.1. The molecular formula is C20H22N6. The predicted octanol–water partition coefficient (Wildman–Crippen LogP) is 3.22. The van der Waals surface area contributed by atoms with Crippen molar-refractivity contribution >= 4 is 33.2 Å². The first kappa shape index (κ1) is 16.4. The second-order valence-corrected chi connectivity index (χ2v) is 6.12. The van der Waals surface area contributed by atoms with Crippen LogP contribution in [0.1, 0.15) is 0 Å². The molecule has 0 saturated heterocycles. The van der Waals surface area contributed by atoms with Crippen molar-refractivity contribution in [2.24, 2.45) is 0 Å². The van der Waals surface area contributed by atoms with Crippen molar-refractivity contribution in [2.45, 2.75) is 0 Å². The largest absolute Gasteiger partial charge is 0.383 e. The van der Waals surface area contributed by atoms with Gasteiger partial charge in [0.25, 0.3) is 0 Å². The number of aromatic amines is 1. The average Bonchev–Trinajstić information content (AvgIpc) is 3.17. The number of hydrogen-bond donors (Lipinski definition) is 4. The van der Waals surface area contributed by atoms with Gasteiger partial charge in [0.15, 0.2) is 0 Å². The molecule has 0 aliphatic heterocycles. The third-order valence-electron chi connectivity index (χ3n) is 4.37. The van der Waals surface area contributed by atoms with E-state index >= 15 is 0 Å². The van der Waals surface area contributed by atoms with Crippen LogP contribution in [0.5, 0.6) is 0 Å². The van der Waals surface area contributed by atoms with Crippen molar-refractivity contribution in [3.8, 4) is 0 Å².